The van der Waals surface area contributed by atoms with Gasteiger partial charge in [-0.25, -0.2) is 8.42 Å². The Labute approximate surface area is 205 Å². The Balaban J connectivity index is 1.58. The number of amides is 2. The van der Waals surface area contributed by atoms with Crippen molar-refractivity contribution in [2.24, 2.45) is 5.41 Å². The zero-order valence-electron chi connectivity index (χ0n) is 20.3. The molecule has 2 saturated heterocycles. The van der Waals surface area contributed by atoms with Gasteiger partial charge in [0, 0.05) is 39.5 Å². The number of hydrogen-bond donors (Lipinski definition) is 1. The lowest BCUT2D eigenvalue weighted by Crippen LogP contribution is -2.49. The summed E-state index contributed by atoms with van der Waals surface area (Å²) < 4.78 is 32.9. The minimum absolute atomic E-state index is 0.0302. The van der Waals surface area contributed by atoms with Crippen LogP contribution in [0.25, 0.3) is 0 Å². The van der Waals surface area contributed by atoms with Crippen molar-refractivity contribution in [1.82, 2.24) is 14.5 Å². The van der Waals surface area contributed by atoms with Gasteiger partial charge in [0.05, 0.1) is 0 Å². The normalized spacial score (nSPS) is 19.7. The minimum atomic E-state index is -3.47. The van der Waals surface area contributed by atoms with E-state index in [4.69, 9.17) is 4.74 Å². The first-order chi connectivity index (χ1) is 15.8. The lowest BCUT2D eigenvalue weighted by atomic mass is 9.78. The lowest BCUT2D eigenvalue weighted by Gasteiger charge is -2.38. The lowest BCUT2D eigenvalue weighted by molar-refractivity contribution is -0.155. The van der Waals surface area contributed by atoms with Crippen molar-refractivity contribution in [2.75, 3.05) is 26.2 Å². The number of sulfonamides is 1. The van der Waals surface area contributed by atoms with Crippen LogP contribution in [0.5, 0.6) is 0 Å². The number of nitrogens with zero attached hydrogens (tertiary/aromatic N) is 2. The van der Waals surface area contributed by atoms with Gasteiger partial charge in [-0.05, 0) is 63.3 Å². The summed E-state index contributed by atoms with van der Waals surface area (Å²) in [7, 11) is -3.47. The molecule has 0 saturated carbocycles. The molecule has 9 nitrogen and oxygen atoms in total. The monoisotopic (exact) mass is 513 g/mol. The summed E-state index contributed by atoms with van der Waals surface area (Å²) in [6, 6.07) is 2.57. The highest BCUT2D eigenvalue weighted by Crippen LogP contribution is 2.42. The quantitative estimate of drug-likeness (QED) is 0.560. The molecule has 0 aromatic carbocycles. The molecule has 1 aromatic heterocycles. The molecule has 2 aliphatic heterocycles. The molecule has 0 radical (unpaired) electrons. The van der Waals surface area contributed by atoms with E-state index in [0.29, 0.717) is 43.2 Å². The minimum Gasteiger partial charge on any atom is -0.460 e. The molecule has 0 aliphatic carbocycles. The van der Waals surface area contributed by atoms with Gasteiger partial charge in [-0.3, -0.25) is 14.4 Å². The molecule has 2 fully saturated rings. The van der Waals surface area contributed by atoms with Gasteiger partial charge in [-0.1, -0.05) is 6.07 Å². The highest BCUT2D eigenvalue weighted by atomic mass is 32.2. The van der Waals surface area contributed by atoms with E-state index in [1.54, 1.807) is 43.2 Å². The first-order valence-electron chi connectivity index (χ1n) is 11.6. The number of nitrogens with one attached hydrogen (secondary N) is 1. The Bertz CT molecular complexity index is 992. The maximum Gasteiger partial charge on any atom is 0.306 e. The number of rotatable bonds is 7. The van der Waals surface area contributed by atoms with Crippen LogP contribution in [0.4, 0.5) is 0 Å². The second-order valence-corrected chi connectivity index (χ2v) is 13.3. The van der Waals surface area contributed by atoms with E-state index in [0.717, 1.165) is 6.42 Å². The highest BCUT2D eigenvalue weighted by Gasteiger charge is 2.45. The number of esters is 1. The number of carbonyl (C=O) groups excluding carboxylic acids is 3. The Kier molecular flexibility index (Phi) is 8.09. The summed E-state index contributed by atoms with van der Waals surface area (Å²) in [6.07, 6.45) is 2.37. The fraction of sp³-hybridized carbons (Fsp3) is 0.696. The molecule has 11 heteroatoms. The summed E-state index contributed by atoms with van der Waals surface area (Å²) in [5.41, 5.74) is -0.735. The first kappa shape index (κ1) is 26.6. The summed E-state index contributed by atoms with van der Waals surface area (Å²) in [4.78, 5) is 38.8. The van der Waals surface area contributed by atoms with Crippen LogP contribution in [0, 0.1) is 5.41 Å². The van der Waals surface area contributed by atoms with Crippen LogP contribution in [0.2, 0.25) is 0 Å². The van der Waals surface area contributed by atoms with E-state index in [9.17, 15) is 22.8 Å². The predicted molar refractivity (Wildman–Crippen MR) is 129 cm³/mol. The van der Waals surface area contributed by atoms with Gasteiger partial charge in [0.2, 0.25) is 11.8 Å². The van der Waals surface area contributed by atoms with Crippen LogP contribution >= 0.6 is 11.3 Å². The number of piperidine rings is 1. The molecule has 34 heavy (non-hydrogen) atoms. The van der Waals surface area contributed by atoms with Gasteiger partial charge >= 0.3 is 5.97 Å². The van der Waals surface area contributed by atoms with E-state index < -0.39 is 27.6 Å². The van der Waals surface area contributed by atoms with Gasteiger partial charge in [0.15, 0.2) is 0 Å². The van der Waals surface area contributed by atoms with Gasteiger partial charge in [0.25, 0.3) is 10.0 Å². The van der Waals surface area contributed by atoms with Gasteiger partial charge < -0.3 is 15.0 Å². The van der Waals surface area contributed by atoms with E-state index in [2.05, 4.69) is 5.32 Å². The van der Waals surface area contributed by atoms with Crippen LogP contribution in [-0.2, 0) is 29.1 Å². The number of ether oxygens (including phenoxy) is 1. The van der Waals surface area contributed by atoms with Crippen molar-refractivity contribution in [1.29, 1.82) is 0 Å². The van der Waals surface area contributed by atoms with Crippen molar-refractivity contribution in [3.8, 4) is 0 Å². The Hall–Kier alpha value is -1.98. The molecule has 3 rings (SSSR count). The average molecular weight is 514 g/mol. The van der Waals surface area contributed by atoms with Crippen LogP contribution in [0.15, 0.2) is 21.7 Å². The van der Waals surface area contributed by atoms with Crippen molar-refractivity contribution < 1.29 is 27.5 Å². The molecule has 2 aliphatic rings. The number of thiophene rings is 1. The average Bonchev–Trinajstić information content (AvgIpc) is 3.41. The summed E-state index contributed by atoms with van der Waals surface area (Å²) in [6.45, 7) is 8.63. The third kappa shape index (κ3) is 6.57. The summed E-state index contributed by atoms with van der Waals surface area (Å²) >= 11 is 1.22. The number of carbonyl (C=O) groups is 3. The standard InChI is InChI=1S/C23H35N3O6S2/c1-17(27)24-18(7-8-19(28)32-22(2,3)4)21(29)25-12-9-23(16-25)10-13-26(14-11-23)34(30,31)20-6-5-15-33-20/h5-6,15,18H,7-14,16H2,1-4H3,(H,24,27)/t18-/m0/s1. The van der Waals surface area contributed by atoms with Crippen LogP contribution in [-0.4, -0.2) is 73.2 Å². The van der Waals surface area contributed by atoms with Gasteiger partial charge in [0.1, 0.15) is 15.9 Å². The zero-order valence-corrected chi connectivity index (χ0v) is 22.0. The van der Waals surface area contributed by atoms with Gasteiger partial charge in [-0.15, -0.1) is 11.3 Å². The Morgan fingerprint density at radius 1 is 1.18 bits per heavy atom. The van der Waals surface area contributed by atoms with Crippen LogP contribution in [0.1, 0.15) is 59.8 Å². The molecule has 1 N–H and O–H groups in total. The van der Waals surface area contributed by atoms with E-state index >= 15 is 0 Å². The molecule has 3 heterocycles. The largest absolute Gasteiger partial charge is 0.460 e. The fourth-order valence-electron chi connectivity index (χ4n) is 4.65. The topological polar surface area (TPSA) is 113 Å². The highest BCUT2D eigenvalue weighted by molar-refractivity contribution is 7.91. The van der Waals surface area contributed by atoms with Crippen LogP contribution in [0.3, 0.4) is 0 Å². The molecular weight excluding hydrogens is 478 g/mol. The fourth-order valence-corrected chi connectivity index (χ4v) is 7.23. The van der Waals surface area contributed by atoms with Crippen molar-refractivity contribution >= 4 is 39.1 Å². The Morgan fingerprint density at radius 2 is 1.82 bits per heavy atom. The van der Waals surface area contributed by atoms with Gasteiger partial charge in [-0.2, -0.15) is 4.31 Å². The smallest absolute Gasteiger partial charge is 0.306 e. The molecule has 1 aromatic rings. The van der Waals surface area contributed by atoms with E-state index in [-0.39, 0.29) is 30.1 Å². The Morgan fingerprint density at radius 3 is 2.38 bits per heavy atom. The second kappa shape index (κ2) is 10.3. The SMILES string of the molecule is CC(=O)N[C@@H](CCC(=O)OC(C)(C)C)C(=O)N1CCC2(CCN(S(=O)(=O)c3cccs3)CC2)C1. The molecular formula is C23H35N3O6S2. The molecule has 1 spiro atoms. The van der Waals surface area contributed by atoms with E-state index in [1.807, 2.05) is 0 Å². The maximum absolute atomic E-state index is 13.2. The van der Waals surface area contributed by atoms with Crippen molar-refractivity contribution in [3.05, 3.63) is 17.5 Å². The molecule has 0 bridgehead atoms. The van der Waals surface area contributed by atoms with Crippen molar-refractivity contribution in [2.45, 2.75) is 75.7 Å². The molecule has 190 valence electrons. The van der Waals surface area contributed by atoms with Crippen molar-refractivity contribution in [3.63, 3.8) is 0 Å². The predicted octanol–water partition coefficient (Wildman–Crippen LogP) is 2.38. The molecule has 2 amide bonds. The first-order valence-corrected chi connectivity index (χ1v) is 13.9. The zero-order chi connectivity index (χ0) is 25.1. The molecule has 0 unspecified atom stereocenters. The number of hydrogen-bond acceptors (Lipinski definition) is 7. The van der Waals surface area contributed by atoms with Crippen LogP contribution < -0.4 is 5.32 Å². The van der Waals surface area contributed by atoms with E-state index in [1.165, 1.54) is 22.6 Å². The third-order valence-electron chi connectivity index (χ3n) is 6.36. The number of likely N-dealkylation sites (tertiary alicyclic amines) is 1. The second-order valence-electron chi connectivity index (χ2n) is 10.2. The summed E-state index contributed by atoms with van der Waals surface area (Å²) in [5, 5.41) is 4.44. The maximum atomic E-state index is 13.2. The third-order valence-corrected chi connectivity index (χ3v) is 9.63. The summed E-state index contributed by atoms with van der Waals surface area (Å²) in [5.74, 6) is -0.944. The molecule has 1 atom stereocenters.